The average molecular weight is 276 g/mol. The van der Waals surface area contributed by atoms with Crippen molar-refractivity contribution in [1.82, 2.24) is 9.80 Å². The highest BCUT2D eigenvalue weighted by Gasteiger charge is 2.24. The van der Waals surface area contributed by atoms with Crippen molar-refractivity contribution in [3.05, 3.63) is 34.9 Å². The molecule has 2 atom stereocenters. The van der Waals surface area contributed by atoms with E-state index < -0.39 is 0 Å². The van der Waals surface area contributed by atoms with Crippen LogP contribution >= 0.6 is 0 Å². The monoisotopic (exact) mass is 276 g/mol. The second-order valence-electron chi connectivity index (χ2n) is 6.16. The minimum Gasteiger partial charge on any atom is -0.387 e. The molecule has 0 saturated carbocycles. The number of hydrogen-bond donors (Lipinski definition) is 1. The van der Waals surface area contributed by atoms with Gasteiger partial charge in [-0.2, -0.15) is 0 Å². The molecule has 20 heavy (non-hydrogen) atoms. The Hall–Kier alpha value is -0.900. The van der Waals surface area contributed by atoms with E-state index >= 15 is 0 Å². The van der Waals surface area contributed by atoms with E-state index in [0.717, 1.165) is 31.7 Å². The summed E-state index contributed by atoms with van der Waals surface area (Å²) in [5, 5.41) is 10.5. The number of β-amino-alcohol motifs (C(OH)–C–C–N with tert-alkyl or cyclic N) is 1. The lowest BCUT2D eigenvalue weighted by molar-refractivity contribution is 0.0502. The molecule has 1 saturated heterocycles. The van der Waals surface area contributed by atoms with Crippen LogP contribution in [0.2, 0.25) is 0 Å². The summed E-state index contributed by atoms with van der Waals surface area (Å²) in [4.78, 5) is 4.83. The summed E-state index contributed by atoms with van der Waals surface area (Å²) in [5.41, 5.74) is 3.58. The first-order valence-electron chi connectivity index (χ1n) is 7.69. The number of aliphatic hydroxyl groups excluding tert-OH is 1. The van der Waals surface area contributed by atoms with E-state index in [2.05, 4.69) is 55.8 Å². The highest BCUT2D eigenvalue weighted by atomic mass is 16.3. The van der Waals surface area contributed by atoms with Crippen LogP contribution in [0.4, 0.5) is 0 Å². The van der Waals surface area contributed by atoms with E-state index in [0.29, 0.717) is 6.04 Å². The Morgan fingerprint density at radius 3 is 2.65 bits per heavy atom. The molecule has 1 aromatic carbocycles. The maximum atomic E-state index is 10.5. The first-order valence-corrected chi connectivity index (χ1v) is 7.69. The van der Waals surface area contributed by atoms with Crippen molar-refractivity contribution in [1.29, 1.82) is 0 Å². The van der Waals surface area contributed by atoms with Gasteiger partial charge in [0.1, 0.15) is 0 Å². The van der Waals surface area contributed by atoms with E-state index in [9.17, 15) is 5.11 Å². The third-order valence-electron chi connectivity index (χ3n) is 4.68. The number of aliphatic hydroxyl groups is 1. The number of piperazine rings is 1. The lowest BCUT2D eigenvalue weighted by atomic mass is 10.0. The molecule has 0 amide bonds. The molecule has 1 N–H and O–H groups in total. The van der Waals surface area contributed by atoms with E-state index in [1.807, 2.05) is 0 Å². The van der Waals surface area contributed by atoms with E-state index in [1.54, 1.807) is 0 Å². The minimum atomic E-state index is -0.379. The summed E-state index contributed by atoms with van der Waals surface area (Å²) in [6.45, 7) is 10.4. The molecule has 1 aromatic rings. The van der Waals surface area contributed by atoms with Gasteiger partial charge >= 0.3 is 0 Å². The van der Waals surface area contributed by atoms with Crippen molar-refractivity contribution < 1.29 is 5.11 Å². The first kappa shape index (κ1) is 15.5. The Morgan fingerprint density at radius 1 is 1.25 bits per heavy atom. The van der Waals surface area contributed by atoms with Gasteiger partial charge in [0.25, 0.3) is 0 Å². The van der Waals surface area contributed by atoms with Crippen molar-refractivity contribution in [2.75, 3.05) is 33.2 Å². The van der Waals surface area contributed by atoms with Crippen molar-refractivity contribution in [2.24, 2.45) is 0 Å². The fourth-order valence-corrected chi connectivity index (χ4v) is 2.94. The van der Waals surface area contributed by atoms with Gasteiger partial charge in [-0.15, -0.1) is 0 Å². The second-order valence-corrected chi connectivity index (χ2v) is 6.16. The van der Waals surface area contributed by atoms with Gasteiger partial charge in [-0.1, -0.05) is 25.1 Å². The molecular formula is C17H28N2O. The van der Waals surface area contributed by atoms with Crippen LogP contribution in [0.15, 0.2) is 18.2 Å². The van der Waals surface area contributed by atoms with E-state index in [4.69, 9.17) is 0 Å². The van der Waals surface area contributed by atoms with E-state index in [1.165, 1.54) is 17.5 Å². The van der Waals surface area contributed by atoms with Crippen molar-refractivity contribution in [3.63, 3.8) is 0 Å². The Labute approximate surface area is 123 Å². The van der Waals surface area contributed by atoms with Gasteiger partial charge < -0.3 is 10.0 Å². The molecule has 0 aromatic heterocycles. The number of rotatable bonds is 4. The molecule has 112 valence electrons. The average Bonchev–Trinajstić information content (AvgIpc) is 2.43. The van der Waals surface area contributed by atoms with Crippen molar-refractivity contribution in [3.8, 4) is 0 Å². The number of nitrogens with zero attached hydrogens (tertiary/aromatic N) is 2. The van der Waals surface area contributed by atoms with Gasteiger partial charge in [0.15, 0.2) is 0 Å². The Morgan fingerprint density at radius 2 is 2.00 bits per heavy atom. The van der Waals surface area contributed by atoms with Crippen LogP contribution in [0.3, 0.4) is 0 Å². The quantitative estimate of drug-likeness (QED) is 0.914. The van der Waals surface area contributed by atoms with Crippen LogP contribution in [0.1, 0.15) is 36.1 Å². The summed E-state index contributed by atoms with van der Waals surface area (Å²) in [5.74, 6) is 0. The third-order valence-corrected chi connectivity index (χ3v) is 4.68. The van der Waals surface area contributed by atoms with Crippen molar-refractivity contribution >= 4 is 0 Å². The van der Waals surface area contributed by atoms with Crippen LogP contribution in [0, 0.1) is 13.8 Å². The molecule has 0 spiro atoms. The molecule has 1 heterocycles. The standard InChI is InChI=1S/C17H28N2O/c1-5-16-11-19(9-8-18(16)4)12-17(20)15-7-6-13(2)14(3)10-15/h6-7,10,16-17,20H,5,8-9,11-12H2,1-4H3. The summed E-state index contributed by atoms with van der Waals surface area (Å²) >= 11 is 0. The number of hydrogen-bond acceptors (Lipinski definition) is 3. The minimum absolute atomic E-state index is 0.379. The highest BCUT2D eigenvalue weighted by molar-refractivity contribution is 5.31. The number of benzene rings is 1. The smallest absolute Gasteiger partial charge is 0.0917 e. The zero-order valence-corrected chi connectivity index (χ0v) is 13.3. The molecule has 2 rings (SSSR count). The molecule has 0 radical (unpaired) electrons. The maximum absolute atomic E-state index is 10.5. The van der Waals surface area contributed by atoms with Gasteiger partial charge in [0.05, 0.1) is 6.10 Å². The summed E-state index contributed by atoms with van der Waals surface area (Å²) < 4.78 is 0. The Balaban J connectivity index is 1.97. The maximum Gasteiger partial charge on any atom is 0.0917 e. The lowest BCUT2D eigenvalue weighted by Crippen LogP contribution is -2.51. The lowest BCUT2D eigenvalue weighted by Gasteiger charge is -2.39. The molecule has 0 aliphatic carbocycles. The Bertz CT molecular complexity index is 447. The molecule has 1 aliphatic rings. The fourth-order valence-electron chi connectivity index (χ4n) is 2.94. The van der Waals surface area contributed by atoms with Crippen molar-refractivity contribution in [2.45, 2.75) is 39.3 Å². The molecule has 1 fully saturated rings. The molecule has 1 aliphatic heterocycles. The van der Waals surface area contributed by atoms with Crippen LogP contribution in [-0.2, 0) is 0 Å². The zero-order chi connectivity index (χ0) is 14.7. The van der Waals surface area contributed by atoms with Gasteiger partial charge in [0.2, 0.25) is 0 Å². The predicted molar refractivity (Wildman–Crippen MR) is 84.0 cm³/mol. The predicted octanol–water partition coefficient (Wildman–Crippen LogP) is 2.36. The largest absolute Gasteiger partial charge is 0.387 e. The highest BCUT2D eigenvalue weighted by Crippen LogP contribution is 2.20. The first-order chi connectivity index (χ1) is 9.51. The normalized spacial score (nSPS) is 22.9. The molecule has 3 heteroatoms. The van der Waals surface area contributed by atoms with Gasteiger partial charge in [0, 0.05) is 32.2 Å². The topological polar surface area (TPSA) is 26.7 Å². The number of likely N-dealkylation sites (N-methyl/N-ethyl adjacent to an activating group) is 1. The van der Waals surface area contributed by atoms with Crippen LogP contribution in [0.25, 0.3) is 0 Å². The van der Waals surface area contributed by atoms with E-state index in [-0.39, 0.29) is 6.10 Å². The van der Waals surface area contributed by atoms with Crippen LogP contribution in [0.5, 0.6) is 0 Å². The molecular weight excluding hydrogens is 248 g/mol. The van der Waals surface area contributed by atoms with Crippen LogP contribution < -0.4 is 0 Å². The second kappa shape index (κ2) is 6.70. The summed E-state index contributed by atoms with van der Waals surface area (Å²) in [6, 6.07) is 6.90. The summed E-state index contributed by atoms with van der Waals surface area (Å²) in [6.07, 6.45) is 0.794. The van der Waals surface area contributed by atoms with Gasteiger partial charge in [-0.25, -0.2) is 0 Å². The third kappa shape index (κ3) is 3.60. The zero-order valence-electron chi connectivity index (χ0n) is 13.3. The summed E-state index contributed by atoms with van der Waals surface area (Å²) in [7, 11) is 2.20. The van der Waals surface area contributed by atoms with Gasteiger partial charge in [-0.3, -0.25) is 4.90 Å². The molecule has 0 bridgehead atoms. The fraction of sp³-hybridized carbons (Fsp3) is 0.647. The molecule has 3 nitrogen and oxygen atoms in total. The SMILES string of the molecule is CCC1CN(CC(O)c2ccc(C)c(C)c2)CCN1C. The Kier molecular flexibility index (Phi) is 5.19. The van der Waals surface area contributed by atoms with Crippen LogP contribution in [-0.4, -0.2) is 54.2 Å². The number of aryl methyl sites for hydroxylation is 2. The van der Waals surface area contributed by atoms with Gasteiger partial charge in [-0.05, 0) is 44.0 Å². The molecule has 2 unspecified atom stereocenters.